The molecule has 0 aliphatic carbocycles. The van der Waals surface area contributed by atoms with Crippen molar-refractivity contribution in [2.45, 2.75) is 0 Å². The molecule has 0 unspecified atom stereocenters. The summed E-state index contributed by atoms with van der Waals surface area (Å²) >= 11 is 0. The summed E-state index contributed by atoms with van der Waals surface area (Å²) in [6, 6.07) is 7.01. The molecule has 2 heterocycles. The van der Waals surface area contributed by atoms with E-state index >= 15 is 0 Å². The van der Waals surface area contributed by atoms with E-state index in [-0.39, 0.29) is 17.3 Å². The van der Waals surface area contributed by atoms with Gasteiger partial charge >= 0.3 is 0 Å². The molecule has 0 radical (unpaired) electrons. The number of anilines is 3. The number of nitrogens with zero attached hydrogens (tertiary/aromatic N) is 3. The average Bonchev–Trinajstić information content (AvgIpc) is 2.63. The maximum Gasteiger partial charge on any atom is 0.260 e. The van der Waals surface area contributed by atoms with Gasteiger partial charge in [0.05, 0.1) is 20.3 Å². The predicted molar refractivity (Wildman–Crippen MR) is 90.4 cm³/mol. The Hall–Kier alpha value is -2.87. The molecule has 1 saturated heterocycles. The van der Waals surface area contributed by atoms with E-state index in [0.29, 0.717) is 43.7 Å². The largest absolute Gasteiger partial charge is 0.497 e. The Kier molecular flexibility index (Phi) is 4.76. The second kappa shape index (κ2) is 7.14. The van der Waals surface area contributed by atoms with Crippen LogP contribution in [0.25, 0.3) is 0 Å². The summed E-state index contributed by atoms with van der Waals surface area (Å²) in [7, 11) is 1.58. The van der Waals surface area contributed by atoms with Crippen molar-refractivity contribution < 1.29 is 14.3 Å². The Morgan fingerprint density at radius 2 is 2.00 bits per heavy atom. The predicted octanol–water partition coefficient (Wildman–Crippen LogP) is 1.16. The first kappa shape index (κ1) is 16.0. The van der Waals surface area contributed by atoms with E-state index < -0.39 is 0 Å². The van der Waals surface area contributed by atoms with Gasteiger partial charge in [-0.3, -0.25) is 4.79 Å². The molecular weight excluding hydrogens is 310 g/mol. The number of carbonyl (C=O) groups is 1. The maximum absolute atomic E-state index is 12.3. The monoisotopic (exact) mass is 329 g/mol. The van der Waals surface area contributed by atoms with Gasteiger partial charge in [0.2, 0.25) is 5.95 Å². The Labute approximate surface area is 139 Å². The smallest absolute Gasteiger partial charge is 0.260 e. The van der Waals surface area contributed by atoms with E-state index in [0.717, 1.165) is 0 Å². The van der Waals surface area contributed by atoms with E-state index in [4.69, 9.17) is 15.2 Å². The number of ether oxygens (including phenoxy) is 2. The Morgan fingerprint density at radius 1 is 1.29 bits per heavy atom. The van der Waals surface area contributed by atoms with Crippen molar-refractivity contribution in [3.05, 3.63) is 36.0 Å². The number of rotatable bonds is 4. The van der Waals surface area contributed by atoms with Crippen LogP contribution in [0.1, 0.15) is 10.4 Å². The molecule has 1 amide bonds. The number of nitrogen functional groups attached to an aromatic ring is 1. The lowest BCUT2D eigenvalue weighted by atomic mass is 10.2. The average molecular weight is 329 g/mol. The van der Waals surface area contributed by atoms with Crippen LogP contribution in [0.15, 0.2) is 30.5 Å². The molecule has 1 aliphatic rings. The van der Waals surface area contributed by atoms with Crippen LogP contribution in [0.3, 0.4) is 0 Å². The molecule has 3 rings (SSSR count). The molecule has 1 fully saturated rings. The molecule has 0 atom stereocenters. The third-order valence-corrected chi connectivity index (χ3v) is 3.69. The summed E-state index contributed by atoms with van der Waals surface area (Å²) in [5, 5.41) is 2.76. The normalized spacial score (nSPS) is 14.3. The third kappa shape index (κ3) is 3.54. The van der Waals surface area contributed by atoms with Crippen LogP contribution in [0, 0.1) is 0 Å². The fourth-order valence-corrected chi connectivity index (χ4v) is 2.35. The zero-order valence-corrected chi connectivity index (χ0v) is 13.4. The van der Waals surface area contributed by atoms with Crippen LogP contribution in [-0.2, 0) is 4.74 Å². The van der Waals surface area contributed by atoms with Crippen LogP contribution in [0.2, 0.25) is 0 Å². The van der Waals surface area contributed by atoms with E-state index in [2.05, 4.69) is 15.3 Å². The van der Waals surface area contributed by atoms with Gasteiger partial charge in [-0.1, -0.05) is 0 Å². The van der Waals surface area contributed by atoms with E-state index in [1.807, 2.05) is 4.90 Å². The highest BCUT2D eigenvalue weighted by Gasteiger charge is 2.18. The van der Waals surface area contributed by atoms with Crippen LogP contribution in [0.4, 0.5) is 17.5 Å². The van der Waals surface area contributed by atoms with Gasteiger partial charge in [0.15, 0.2) is 0 Å². The minimum absolute atomic E-state index is 0.150. The fraction of sp³-hybridized carbons (Fsp3) is 0.312. The number of carbonyl (C=O) groups excluding carboxylic acids is 1. The summed E-state index contributed by atoms with van der Waals surface area (Å²) < 4.78 is 10.4. The number of hydrogen-bond donors (Lipinski definition) is 2. The molecule has 1 aromatic carbocycles. The SMILES string of the molecule is COc1ccc(NC(=O)c2cnc(N3CCOCC3)nc2N)cc1. The summed E-state index contributed by atoms with van der Waals surface area (Å²) in [6.07, 6.45) is 1.45. The summed E-state index contributed by atoms with van der Waals surface area (Å²) in [6.45, 7) is 2.67. The summed E-state index contributed by atoms with van der Waals surface area (Å²) in [5.41, 5.74) is 6.81. The fourth-order valence-electron chi connectivity index (χ4n) is 2.35. The highest BCUT2D eigenvalue weighted by Crippen LogP contribution is 2.18. The molecule has 0 saturated carbocycles. The van der Waals surface area contributed by atoms with Crippen molar-refractivity contribution in [1.82, 2.24) is 9.97 Å². The molecule has 8 heteroatoms. The number of morpholine rings is 1. The van der Waals surface area contributed by atoms with E-state index in [1.54, 1.807) is 31.4 Å². The highest BCUT2D eigenvalue weighted by molar-refractivity contribution is 6.07. The van der Waals surface area contributed by atoms with Gasteiger partial charge in [0, 0.05) is 25.0 Å². The van der Waals surface area contributed by atoms with Gasteiger partial charge in [-0.15, -0.1) is 0 Å². The number of methoxy groups -OCH3 is 1. The highest BCUT2D eigenvalue weighted by atomic mass is 16.5. The van der Waals surface area contributed by atoms with E-state index in [9.17, 15) is 4.79 Å². The summed E-state index contributed by atoms with van der Waals surface area (Å²) in [4.78, 5) is 22.8. The zero-order chi connectivity index (χ0) is 16.9. The standard InChI is InChI=1S/C16H19N5O3/c1-23-12-4-2-11(3-5-12)19-15(22)13-10-18-16(20-14(13)17)21-6-8-24-9-7-21/h2-5,10H,6-9H2,1H3,(H,19,22)(H2,17,18,20). The van der Waals surface area contributed by atoms with Gasteiger partial charge in [-0.05, 0) is 24.3 Å². The molecule has 0 spiro atoms. The lowest BCUT2D eigenvalue weighted by Gasteiger charge is -2.26. The van der Waals surface area contributed by atoms with Crippen molar-refractivity contribution in [3.63, 3.8) is 0 Å². The van der Waals surface area contributed by atoms with Crippen molar-refractivity contribution in [3.8, 4) is 5.75 Å². The first-order valence-electron chi connectivity index (χ1n) is 7.58. The number of nitrogens with two attached hydrogens (primary N) is 1. The zero-order valence-electron chi connectivity index (χ0n) is 13.4. The van der Waals surface area contributed by atoms with Crippen LogP contribution < -0.4 is 20.7 Å². The molecule has 8 nitrogen and oxygen atoms in total. The number of aromatic nitrogens is 2. The van der Waals surface area contributed by atoms with Gasteiger partial charge in [0.25, 0.3) is 5.91 Å². The molecule has 0 bridgehead atoms. The summed E-state index contributed by atoms with van der Waals surface area (Å²) in [5.74, 6) is 1.02. The van der Waals surface area contributed by atoms with Crippen molar-refractivity contribution in [1.29, 1.82) is 0 Å². The van der Waals surface area contributed by atoms with Crippen LogP contribution in [-0.4, -0.2) is 49.3 Å². The van der Waals surface area contributed by atoms with Crippen LogP contribution >= 0.6 is 0 Å². The molecule has 24 heavy (non-hydrogen) atoms. The molecule has 126 valence electrons. The van der Waals surface area contributed by atoms with Gasteiger partial charge in [-0.2, -0.15) is 4.98 Å². The second-order valence-electron chi connectivity index (χ2n) is 5.25. The van der Waals surface area contributed by atoms with E-state index in [1.165, 1.54) is 6.20 Å². The van der Waals surface area contributed by atoms with Gasteiger partial charge in [0.1, 0.15) is 17.1 Å². The number of nitrogens with one attached hydrogen (secondary N) is 1. The van der Waals surface area contributed by atoms with Gasteiger partial charge in [-0.25, -0.2) is 4.98 Å². The van der Waals surface area contributed by atoms with Crippen molar-refractivity contribution in [2.24, 2.45) is 0 Å². The third-order valence-electron chi connectivity index (χ3n) is 3.69. The van der Waals surface area contributed by atoms with Crippen molar-refractivity contribution in [2.75, 3.05) is 49.4 Å². The first-order chi connectivity index (χ1) is 11.7. The van der Waals surface area contributed by atoms with Crippen molar-refractivity contribution >= 4 is 23.4 Å². The lowest BCUT2D eigenvalue weighted by Crippen LogP contribution is -2.37. The molecule has 1 aromatic heterocycles. The molecule has 2 aromatic rings. The molecular formula is C16H19N5O3. The lowest BCUT2D eigenvalue weighted by molar-refractivity contribution is 0.102. The van der Waals surface area contributed by atoms with Gasteiger partial charge < -0.3 is 25.4 Å². The number of benzene rings is 1. The maximum atomic E-state index is 12.3. The minimum atomic E-state index is -0.355. The first-order valence-corrected chi connectivity index (χ1v) is 7.58. The second-order valence-corrected chi connectivity index (χ2v) is 5.25. The Balaban J connectivity index is 1.72. The Bertz CT molecular complexity index is 714. The Morgan fingerprint density at radius 3 is 2.62 bits per heavy atom. The number of amides is 1. The quantitative estimate of drug-likeness (QED) is 0.867. The molecule has 3 N–H and O–H groups in total. The topological polar surface area (TPSA) is 103 Å². The minimum Gasteiger partial charge on any atom is -0.497 e. The number of hydrogen-bond acceptors (Lipinski definition) is 7. The van der Waals surface area contributed by atoms with Crippen LogP contribution in [0.5, 0.6) is 5.75 Å². The molecule has 1 aliphatic heterocycles.